The summed E-state index contributed by atoms with van der Waals surface area (Å²) in [6.07, 6.45) is 2.49. The van der Waals surface area contributed by atoms with Crippen LogP contribution in [-0.4, -0.2) is 26.5 Å². The van der Waals surface area contributed by atoms with Gasteiger partial charge in [-0.25, -0.2) is 8.42 Å². The minimum Gasteiger partial charge on any atom is -0.469 e. The van der Waals surface area contributed by atoms with E-state index < -0.39 is 9.84 Å². The highest BCUT2D eigenvalue weighted by Gasteiger charge is 2.52. The molecular formula is C9H11NO3S. The second-order valence-corrected chi connectivity index (χ2v) is 6.11. The Kier molecular flexibility index (Phi) is 1.46. The van der Waals surface area contributed by atoms with Crippen LogP contribution in [0.4, 0.5) is 0 Å². The van der Waals surface area contributed by atoms with E-state index in [-0.39, 0.29) is 17.0 Å². The molecule has 0 aliphatic carbocycles. The van der Waals surface area contributed by atoms with Crippen LogP contribution in [0.15, 0.2) is 16.7 Å². The summed E-state index contributed by atoms with van der Waals surface area (Å²) in [6.45, 7) is 0.802. The maximum atomic E-state index is 11.2. The lowest BCUT2D eigenvalue weighted by Gasteiger charge is -2.44. The molecule has 0 saturated carbocycles. The van der Waals surface area contributed by atoms with Crippen molar-refractivity contribution in [3.63, 3.8) is 0 Å². The second-order valence-electron chi connectivity index (χ2n) is 4.05. The zero-order valence-corrected chi connectivity index (χ0v) is 8.43. The van der Waals surface area contributed by atoms with Crippen LogP contribution >= 0.6 is 0 Å². The first-order valence-corrected chi connectivity index (χ1v) is 6.46. The Balaban J connectivity index is 2.06. The van der Waals surface area contributed by atoms with E-state index in [4.69, 9.17) is 4.42 Å². The van der Waals surface area contributed by atoms with E-state index >= 15 is 0 Å². The zero-order chi connectivity index (χ0) is 9.81. The molecule has 1 N–H and O–H groups in total. The molecule has 0 unspecified atom stereocenters. The Morgan fingerprint density at radius 1 is 1.43 bits per heavy atom. The van der Waals surface area contributed by atoms with Crippen LogP contribution in [0, 0.1) is 0 Å². The number of hydrogen-bond acceptors (Lipinski definition) is 4. The van der Waals surface area contributed by atoms with Crippen LogP contribution in [0.2, 0.25) is 0 Å². The summed E-state index contributed by atoms with van der Waals surface area (Å²) in [5.41, 5.74) is 0.706. The van der Waals surface area contributed by atoms with E-state index in [1.165, 1.54) is 0 Å². The summed E-state index contributed by atoms with van der Waals surface area (Å²) in [5, 5.41) is 3.29. The Morgan fingerprint density at radius 3 is 2.93 bits per heavy atom. The van der Waals surface area contributed by atoms with Crippen LogP contribution in [0.1, 0.15) is 11.3 Å². The SMILES string of the molecule is O=S1(=O)CC2(C1)NCCc1occc12. The quantitative estimate of drug-likeness (QED) is 0.661. The van der Waals surface area contributed by atoms with Crippen molar-refractivity contribution < 1.29 is 12.8 Å². The molecule has 1 saturated heterocycles. The number of fused-ring (bicyclic) bond motifs is 2. The monoisotopic (exact) mass is 213 g/mol. The largest absolute Gasteiger partial charge is 0.469 e. The van der Waals surface area contributed by atoms with Crippen molar-refractivity contribution in [2.24, 2.45) is 0 Å². The molecule has 2 aliphatic heterocycles. The predicted molar refractivity (Wildman–Crippen MR) is 50.7 cm³/mol. The fraction of sp³-hybridized carbons (Fsp3) is 0.556. The number of furan rings is 1. The Bertz CT molecular complexity index is 462. The average Bonchev–Trinajstić information content (AvgIpc) is 2.49. The van der Waals surface area contributed by atoms with Crippen molar-refractivity contribution >= 4 is 9.84 Å². The highest BCUT2D eigenvalue weighted by atomic mass is 32.2. The first-order chi connectivity index (χ1) is 6.61. The topological polar surface area (TPSA) is 59.3 Å². The van der Waals surface area contributed by atoms with Crippen LogP contribution in [-0.2, 0) is 21.8 Å². The smallest absolute Gasteiger partial charge is 0.154 e. The number of rotatable bonds is 0. The molecule has 2 aliphatic rings. The Hall–Kier alpha value is -0.810. The molecule has 76 valence electrons. The summed E-state index contributed by atoms with van der Waals surface area (Å²) in [7, 11) is -2.81. The second kappa shape index (κ2) is 2.41. The fourth-order valence-corrected chi connectivity index (χ4v) is 4.37. The minimum atomic E-state index is -2.81. The third-order valence-electron chi connectivity index (χ3n) is 3.01. The maximum Gasteiger partial charge on any atom is 0.154 e. The fourth-order valence-electron chi connectivity index (χ4n) is 2.44. The summed E-state index contributed by atoms with van der Waals surface area (Å²) in [4.78, 5) is 0. The molecular weight excluding hydrogens is 202 g/mol. The molecule has 5 heteroatoms. The van der Waals surface area contributed by atoms with Gasteiger partial charge in [-0.3, -0.25) is 0 Å². The molecule has 4 nitrogen and oxygen atoms in total. The van der Waals surface area contributed by atoms with Crippen molar-refractivity contribution in [2.75, 3.05) is 18.1 Å². The summed E-state index contributed by atoms with van der Waals surface area (Å²) < 4.78 is 27.8. The minimum absolute atomic E-state index is 0.215. The summed E-state index contributed by atoms with van der Waals surface area (Å²) >= 11 is 0. The molecule has 0 radical (unpaired) electrons. The van der Waals surface area contributed by atoms with Gasteiger partial charge in [-0.2, -0.15) is 0 Å². The normalized spacial score (nSPS) is 26.9. The Labute approximate surface area is 82.2 Å². The zero-order valence-electron chi connectivity index (χ0n) is 7.62. The summed E-state index contributed by atoms with van der Waals surface area (Å²) in [6, 6.07) is 1.89. The van der Waals surface area contributed by atoms with Gasteiger partial charge in [0.1, 0.15) is 5.76 Å². The van der Waals surface area contributed by atoms with Crippen molar-refractivity contribution in [1.29, 1.82) is 0 Å². The van der Waals surface area contributed by atoms with E-state index in [2.05, 4.69) is 5.32 Å². The van der Waals surface area contributed by atoms with E-state index in [9.17, 15) is 8.42 Å². The predicted octanol–water partition coefficient (Wildman–Crippen LogP) is 0.0490. The maximum absolute atomic E-state index is 11.2. The lowest BCUT2D eigenvalue weighted by atomic mass is 9.89. The highest BCUT2D eigenvalue weighted by molar-refractivity contribution is 7.93. The van der Waals surface area contributed by atoms with Crippen LogP contribution in [0.3, 0.4) is 0 Å². The number of nitrogens with one attached hydrogen (secondary N) is 1. The third kappa shape index (κ3) is 0.994. The Morgan fingerprint density at radius 2 is 2.21 bits per heavy atom. The molecule has 0 atom stereocenters. The van der Waals surface area contributed by atoms with Crippen molar-refractivity contribution in [3.05, 3.63) is 23.7 Å². The van der Waals surface area contributed by atoms with Crippen LogP contribution < -0.4 is 5.32 Å². The van der Waals surface area contributed by atoms with Crippen molar-refractivity contribution in [3.8, 4) is 0 Å². The molecule has 3 rings (SSSR count). The molecule has 0 amide bonds. The lowest BCUT2D eigenvalue weighted by molar-refractivity contribution is 0.330. The average molecular weight is 213 g/mol. The van der Waals surface area contributed by atoms with Gasteiger partial charge < -0.3 is 9.73 Å². The molecule has 1 spiro atoms. The molecule has 1 aromatic heterocycles. The van der Waals surface area contributed by atoms with Gasteiger partial charge in [-0.15, -0.1) is 0 Å². The molecule has 3 heterocycles. The van der Waals surface area contributed by atoms with Gasteiger partial charge in [0.25, 0.3) is 0 Å². The van der Waals surface area contributed by atoms with Crippen molar-refractivity contribution in [1.82, 2.24) is 5.32 Å². The molecule has 1 fully saturated rings. The third-order valence-corrected chi connectivity index (χ3v) is 4.87. The van der Waals surface area contributed by atoms with Gasteiger partial charge >= 0.3 is 0 Å². The van der Waals surface area contributed by atoms with Crippen LogP contribution in [0.25, 0.3) is 0 Å². The lowest BCUT2D eigenvalue weighted by Crippen LogP contribution is -2.63. The summed E-state index contributed by atoms with van der Waals surface area (Å²) in [5.74, 6) is 1.37. The first-order valence-electron chi connectivity index (χ1n) is 4.64. The van der Waals surface area contributed by atoms with Gasteiger partial charge in [0.15, 0.2) is 9.84 Å². The number of hydrogen-bond donors (Lipinski definition) is 1. The van der Waals surface area contributed by atoms with E-state index in [1.807, 2.05) is 6.07 Å². The highest BCUT2D eigenvalue weighted by Crippen LogP contribution is 2.38. The van der Waals surface area contributed by atoms with Gasteiger partial charge in [0.2, 0.25) is 0 Å². The van der Waals surface area contributed by atoms with E-state index in [0.717, 1.165) is 24.3 Å². The molecule has 0 bridgehead atoms. The van der Waals surface area contributed by atoms with Gasteiger partial charge in [0, 0.05) is 18.5 Å². The van der Waals surface area contributed by atoms with Gasteiger partial charge in [0.05, 0.1) is 23.3 Å². The van der Waals surface area contributed by atoms with Gasteiger partial charge in [-0.1, -0.05) is 0 Å². The molecule has 14 heavy (non-hydrogen) atoms. The van der Waals surface area contributed by atoms with E-state index in [1.54, 1.807) is 6.26 Å². The standard InChI is InChI=1S/C9H11NO3S/c11-14(12)5-9(6-14)7-2-4-13-8(7)1-3-10-9/h2,4,10H,1,3,5-6H2. The molecule has 1 aromatic rings. The van der Waals surface area contributed by atoms with E-state index in [0.29, 0.717) is 0 Å². The molecule has 0 aromatic carbocycles. The van der Waals surface area contributed by atoms with Gasteiger partial charge in [-0.05, 0) is 6.07 Å². The van der Waals surface area contributed by atoms with Crippen LogP contribution in [0.5, 0.6) is 0 Å². The van der Waals surface area contributed by atoms with Crippen molar-refractivity contribution in [2.45, 2.75) is 12.0 Å². The number of sulfone groups is 1. The first kappa shape index (κ1) is 8.49.